The summed E-state index contributed by atoms with van der Waals surface area (Å²) in [4.78, 5) is 80.8. The highest BCUT2D eigenvalue weighted by Crippen LogP contribution is 2.17. The molecule has 0 radical (unpaired) electrons. The van der Waals surface area contributed by atoms with Crippen molar-refractivity contribution in [3.63, 3.8) is 0 Å². The Bertz CT molecular complexity index is 1230. The normalized spacial score (nSPS) is 16.8. The standard InChI is InChI=1S/C25H29N5O8/c1-15(27-24(36)22-18-6-4-3-5-16(18)7-8-26-22)25(37)30-10-9-29(20(32)14-38-2)12-19(30)23(35)28-17(13-31)11-21(33)34/h3-8,13,15,17,19H,9-12,14H2,1-2H3,(H,27,36)(H,28,35)(H,33,34)/t15-,17-,19-/m0/s1. The van der Waals surface area contributed by atoms with E-state index >= 15 is 0 Å². The van der Waals surface area contributed by atoms with Crippen LogP contribution in [0, 0.1) is 0 Å². The number of rotatable bonds is 10. The molecule has 1 fully saturated rings. The second-order valence-corrected chi connectivity index (χ2v) is 8.75. The average Bonchev–Trinajstić information content (AvgIpc) is 2.91. The van der Waals surface area contributed by atoms with Crippen molar-refractivity contribution in [2.75, 3.05) is 33.4 Å². The molecule has 2 aromatic rings. The number of aldehydes is 1. The fraction of sp³-hybridized carbons (Fsp3) is 0.400. The smallest absolute Gasteiger partial charge is 0.305 e. The highest BCUT2D eigenvalue weighted by molar-refractivity contribution is 6.06. The summed E-state index contributed by atoms with van der Waals surface area (Å²) in [5, 5.41) is 15.3. The number of nitrogens with one attached hydrogen (secondary N) is 2. The van der Waals surface area contributed by atoms with Gasteiger partial charge in [0.2, 0.25) is 17.7 Å². The van der Waals surface area contributed by atoms with Gasteiger partial charge >= 0.3 is 5.97 Å². The van der Waals surface area contributed by atoms with Crippen LogP contribution in [0.15, 0.2) is 36.5 Å². The van der Waals surface area contributed by atoms with Gasteiger partial charge in [0.1, 0.15) is 30.7 Å². The van der Waals surface area contributed by atoms with E-state index in [4.69, 9.17) is 9.84 Å². The molecule has 0 unspecified atom stereocenters. The predicted molar refractivity (Wildman–Crippen MR) is 133 cm³/mol. The number of carboxylic acids is 1. The van der Waals surface area contributed by atoms with Crippen LogP contribution >= 0.6 is 0 Å². The third-order valence-corrected chi connectivity index (χ3v) is 6.08. The minimum Gasteiger partial charge on any atom is -0.481 e. The van der Waals surface area contributed by atoms with Crippen molar-refractivity contribution in [2.45, 2.75) is 31.5 Å². The predicted octanol–water partition coefficient (Wildman–Crippen LogP) is -0.803. The zero-order valence-electron chi connectivity index (χ0n) is 21.0. The van der Waals surface area contributed by atoms with Gasteiger partial charge in [0.15, 0.2) is 0 Å². The first-order chi connectivity index (χ1) is 18.2. The second-order valence-electron chi connectivity index (χ2n) is 8.75. The van der Waals surface area contributed by atoms with E-state index in [0.29, 0.717) is 5.39 Å². The molecule has 1 saturated heterocycles. The number of aliphatic carboxylic acids is 1. The number of carbonyl (C=O) groups is 6. The summed E-state index contributed by atoms with van der Waals surface area (Å²) in [6, 6.07) is 5.28. The van der Waals surface area contributed by atoms with Crippen molar-refractivity contribution < 1.29 is 38.6 Å². The monoisotopic (exact) mass is 527 g/mol. The SMILES string of the molecule is COCC(=O)N1CCN(C(=O)[C@H](C)NC(=O)c2nccc3ccccc23)[C@H](C(=O)N[C@H](C=O)CC(=O)O)C1. The fourth-order valence-electron chi connectivity index (χ4n) is 4.19. The molecule has 1 aliphatic rings. The maximum absolute atomic E-state index is 13.4. The van der Waals surface area contributed by atoms with Gasteiger partial charge in [-0.05, 0) is 18.4 Å². The minimum absolute atomic E-state index is 0.0379. The van der Waals surface area contributed by atoms with Crippen molar-refractivity contribution in [3.8, 4) is 0 Å². The van der Waals surface area contributed by atoms with E-state index in [-0.39, 0.29) is 38.2 Å². The average molecular weight is 528 g/mol. The maximum atomic E-state index is 13.4. The first kappa shape index (κ1) is 28.2. The molecular weight excluding hydrogens is 498 g/mol. The first-order valence-electron chi connectivity index (χ1n) is 11.9. The molecule has 4 amide bonds. The molecule has 0 saturated carbocycles. The third kappa shape index (κ3) is 6.68. The lowest BCUT2D eigenvalue weighted by Crippen LogP contribution is -2.65. The number of carboxylic acid groups (broad SMARTS) is 1. The van der Waals surface area contributed by atoms with Crippen molar-refractivity contribution in [3.05, 3.63) is 42.2 Å². The Morgan fingerprint density at radius 1 is 1.16 bits per heavy atom. The van der Waals surface area contributed by atoms with Gasteiger partial charge in [-0.3, -0.25) is 29.0 Å². The number of hydrogen-bond donors (Lipinski definition) is 3. The zero-order valence-corrected chi connectivity index (χ0v) is 21.0. The lowest BCUT2D eigenvalue weighted by molar-refractivity contribution is -0.151. The topological polar surface area (TPSA) is 175 Å². The first-order valence-corrected chi connectivity index (χ1v) is 11.9. The highest BCUT2D eigenvalue weighted by Gasteiger charge is 2.39. The lowest BCUT2D eigenvalue weighted by atomic mass is 10.1. The van der Waals surface area contributed by atoms with Crippen LogP contribution in [0.3, 0.4) is 0 Å². The number of ether oxygens (including phenoxy) is 1. The molecule has 2 heterocycles. The molecule has 1 aromatic heterocycles. The molecule has 202 valence electrons. The highest BCUT2D eigenvalue weighted by atomic mass is 16.5. The van der Waals surface area contributed by atoms with E-state index < -0.39 is 54.1 Å². The Kier molecular flexibility index (Phi) is 9.44. The lowest BCUT2D eigenvalue weighted by Gasteiger charge is -2.41. The largest absolute Gasteiger partial charge is 0.481 e. The molecule has 3 atom stereocenters. The van der Waals surface area contributed by atoms with E-state index in [1.165, 1.54) is 30.0 Å². The van der Waals surface area contributed by atoms with Crippen LogP contribution in [0.5, 0.6) is 0 Å². The zero-order chi connectivity index (χ0) is 27.8. The van der Waals surface area contributed by atoms with E-state index in [0.717, 1.165) is 5.39 Å². The number of aromatic nitrogens is 1. The molecular formula is C25H29N5O8. The molecule has 0 spiro atoms. The number of benzene rings is 1. The van der Waals surface area contributed by atoms with Crippen LogP contribution in [-0.2, 0) is 28.7 Å². The molecule has 3 N–H and O–H groups in total. The number of nitrogens with zero attached hydrogens (tertiary/aromatic N) is 3. The van der Waals surface area contributed by atoms with Gasteiger partial charge in [-0.2, -0.15) is 0 Å². The molecule has 13 heteroatoms. The van der Waals surface area contributed by atoms with Crippen LogP contribution in [0.1, 0.15) is 23.8 Å². The Morgan fingerprint density at radius 3 is 2.58 bits per heavy atom. The summed E-state index contributed by atoms with van der Waals surface area (Å²) in [6.07, 6.45) is 1.13. The number of hydrogen-bond acceptors (Lipinski definition) is 8. The third-order valence-electron chi connectivity index (χ3n) is 6.08. The number of fused-ring (bicyclic) bond motifs is 1. The number of amides is 4. The number of carbonyl (C=O) groups excluding carboxylic acids is 5. The van der Waals surface area contributed by atoms with E-state index in [9.17, 15) is 28.8 Å². The summed E-state index contributed by atoms with van der Waals surface area (Å²) < 4.78 is 4.87. The van der Waals surface area contributed by atoms with Gasteiger partial charge in [0.05, 0.1) is 19.0 Å². The molecule has 38 heavy (non-hydrogen) atoms. The minimum atomic E-state index is -1.32. The Hall–Kier alpha value is -4.39. The summed E-state index contributed by atoms with van der Waals surface area (Å²) in [6.45, 7) is 1.09. The summed E-state index contributed by atoms with van der Waals surface area (Å²) in [5.74, 6) is -3.69. The van der Waals surface area contributed by atoms with Gasteiger partial charge in [0.25, 0.3) is 5.91 Å². The molecule has 3 rings (SSSR count). The van der Waals surface area contributed by atoms with Gasteiger partial charge in [-0.1, -0.05) is 24.3 Å². The van der Waals surface area contributed by atoms with Crippen LogP contribution < -0.4 is 10.6 Å². The molecule has 13 nitrogen and oxygen atoms in total. The van der Waals surface area contributed by atoms with E-state index in [2.05, 4.69) is 15.6 Å². The van der Waals surface area contributed by atoms with Crippen molar-refractivity contribution in [1.29, 1.82) is 0 Å². The summed E-state index contributed by atoms with van der Waals surface area (Å²) >= 11 is 0. The fourth-order valence-corrected chi connectivity index (χ4v) is 4.19. The van der Waals surface area contributed by atoms with Gasteiger partial charge < -0.3 is 35.1 Å². The molecule has 1 aromatic carbocycles. The summed E-state index contributed by atoms with van der Waals surface area (Å²) in [5.41, 5.74) is 0.134. The van der Waals surface area contributed by atoms with Gasteiger partial charge in [-0.15, -0.1) is 0 Å². The van der Waals surface area contributed by atoms with E-state index in [1.54, 1.807) is 18.2 Å². The van der Waals surface area contributed by atoms with Gasteiger partial charge in [0, 0.05) is 31.8 Å². The van der Waals surface area contributed by atoms with Crippen molar-refractivity contribution >= 4 is 46.7 Å². The van der Waals surface area contributed by atoms with Crippen LogP contribution in [-0.4, -0.2) is 107 Å². The number of pyridine rings is 1. The quantitative estimate of drug-likeness (QED) is 0.334. The van der Waals surface area contributed by atoms with Crippen LogP contribution in [0.4, 0.5) is 0 Å². The van der Waals surface area contributed by atoms with Crippen LogP contribution in [0.2, 0.25) is 0 Å². The van der Waals surface area contributed by atoms with Crippen LogP contribution in [0.25, 0.3) is 10.8 Å². The number of methoxy groups -OCH3 is 1. The Morgan fingerprint density at radius 2 is 1.89 bits per heavy atom. The molecule has 0 aliphatic carbocycles. The van der Waals surface area contributed by atoms with Gasteiger partial charge in [-0.25, -0.2) is 0 Å². The Labute approximate surface area is 218 Å². The van der Waals surface area contributed by atoms with Crippen molar-refractivity contribution in [2.24, 2.45) is 0 Å². The van der Waals surface area contributed by atoms with E-state index in [1.807, 2.05) is 12.1 Å². The maximum Gasteiger partial charge on any atom is 0.305 e. The Balaban J connectivity index is 1.79. The molecule has 1 aliphatic heterocycles. The number of piperazine rings is 1. The van der Waals surface area contributed by atoms with Crippen molar-refractivity contribution in [1.82, 2.24) is 25.4 Å². The molecule has 0 bridgehead atoms. The summed E-state index contributed by atoms with van der Waals surface area (Å²) in [7, 11) is 1.34. The second kappa shape index (κ2) is 12.7.